The predicted molar refractivity (Wildman–Crippen MR) is 38.2 cm³/mol. The minimum Gasteiger partial charge on any atom is -0.370 e. The molecule has 0 aromatic carbocycles. The van der Waals surface area contributed by atoms with E-state index in [2.05, 4.69) is 0 Å². The van der Waals surface area contributed by atoms with Crippen LogP contribution in [0.3, 0.4) is 0 Å². The van der Waals surface area contributed by atoms with Crippen molar-refractivity contribution in [3.63, 3.8) is 0 Å². The second kappa shape index (κ2) is 2.72. The Balaban J connectivity index is 4.38. The van der Waals surface area contributed by atoms with Crippen LogP contribution in [0.5, 0.6) is 0 Å². The summed E-state index contributed by atoms with van der Waals surface area (Å²) in [5.74, 6) is 1.51. The number of likely N-dealkylation sites (N-methyl/N-ethyl adjacent to an activating group) is 1. The standard InChI is InChI=1S/C7H11NO2/c1-5-7(2,10)6(9)8(3)4/h1,10H,2-4H3/t7-/m1/s1. The van der Waals surface area contributed by atoms with Crippen molar-refractivity contribution in [1.29, 1.82) is 0 Å². The molecule has 0 aliphatic carbocycles. The minimum atomic E-state index is -1.66. The molecule has 0 bridgehead atoms. The van der Waals surface area contributed by atoms with Crippen LogP contribution in [-0.2, 0) is 4.79 Å². The van der Waals surface area contributed by atoms with Crippen LogP contribution >= 0.6 is 0 Å². The summed E-state index contributed by atoms with van der Waals surface area (Å²) < 4.78 is 0. The average molecular weight is 141 g/mol. The summed E-state index contributed by atoms with van der Waals surface area (Å²) in [6.07, 6.45) is 4.90. The van der Waals surface area contributed by atoms with Crippen LogP contribution in [0.2, 0.25) is 0 Å². The van der Waals surface area contributed by atoms with Gasteiger partial charge >= 0.3 is 0 Å². The molecule has 0 aromatic rings. The number of rotatable bonds is 1. The number of amides is 1. The number of hydrogen-bond acceptors (Lipinski definition) is 2. The van der Waals surface area contributed by atoms with E-state index in [4.69, 9.17) is 11.5 Å². The topological polar surface area (TPSA) is 40.5 Å². The number of terminal acetylenes is 1. The Kier molecular flexibility index (Phi) is 2.44. The van der Waals surface area contributed by atoms with Crippen LogP contribution in [-0.4, -0.2) is 35.6 Å². The molecule has 0 saturated heterocycles. The van der Waals surface area contributed by atoms with Gasteiger partial charge in [-0.05, 0) is 6.92 Å². The average Bonchev–Trinajstić information content (AvgIpc) is 1.86. The molecule has 1 N–H and O–H groups in total. The second-order valence-electron chi connectivity index (χ2n) is 2.42. The van der Waals surface area contributed by atoms with E-state index >= 15 is 0 Å². The van der Waals surface area contributed by atoms with Crippen molar-refractivity contribution in [2.45, 2.75) is 12.5 Å². The van der Waals surface area contributed by atoms with E-state index in [1.807, 2.05) is 5.92 Å². The van der Waals surface area contributed by atoms with Crippen molar-refractivity contribution in [1.82, 2.24) is 4.90 Å². The van der Waals surface area contributed by atoms with Gasteiger partial charge in [0.25, 0.3) is 5.91 Å². The third kappa shape index (κ3) is 1.74. The zero-order chi connectivity index (χ0) is 8.36. The fourth-order valence-electron chi connectivity index (χ4n) is 0.497. The molecule has 0 aliphatic heterocycles. The molecule has 0 saturated carbocycles. The third-order valence-corrected chi connectivity index (χ3v) is 1.10. The van der Waals surface area contributed by atoms with Crippen molar-refractivity contribution in [2.75, 3.05) is 14.1 Å². The smallest absolute Gasteiger partial charge is 0.266 e. The van der Waals surface area contributed by atoms with Crippen molar-refractivity contribution in [2.24, 2.45) is 0 Å². The highest BCUT2D eigenvalue weighted by Gasteiger charge is 2.28. The van der Waals surface area contributed by atoms with Gasteiger partial charge in [0.15, 0.2) is 0 Å². The van der Waals surface area contributed by atoms with Gasteiger partial charge < -0.3 is 10.0 Å². The molecule has 0 fully saturated rings. The molecule has 0 radical (unpaired) electrons. The number of aliphatic hydroxyl groups is 1. The highest BCUT2D eigenvalue weighted by atomic mass is 16.3. The first kappa shape index (κ1) is 8.99. The summed E-state index contributed by atoms with van der Waals surface area (Å²) >= 11 is 0. The van der Waals surface area contributed by atoms with Crippen molar-refractivity contribution >= 4 is 5.91 Å². The molecule has 56 valence electrons. The Labute approximate surface area is 60.6 Å². The lowest BCUT2D eigenvalue weighted by Gasteiger charge is -2.19. The Morgan fingerprint density at radius 3 is 2.20 bits per heavy atom. The minimum absolute atomic E-state index is 0.477. The van der Waals surface area contributed by atoms with Crippen LogP contribution < -0.4 is 0 Å². The summed E-state index contributed by atoms with van der Waals surface area (Å²) in [5, 5.41) is 9.13. The fourth-order valence-corrected chi connectivity index (χ4v) is 0.497. The van der Waals surface area contributed by atoms with Crippen molar-refractivity contribution in [3.8, 4) is 12.3 Å². The Bertz CT molecular complexity index is 177. The van der Waals surface area contributed by atoms with E-state index < -0.39 is 11.5 Å². The van der Waals surface area contributed by atoms with Gasteiger partial charge in [0, 0.05) is 14.1 Å². The first-order valence-electron chi connectivity index (χ1n) is 2.83. The molecule has 0 heterocycles. The molecular weight excluding hydrogens is 130 g/mol. The van der Waals surface area contributed by atoms with E-state index in [0.717, 1.165) is 0 Å². The summed E-state index contributed by atoms with van der Waals surface area (Å²) in [6.45, 7) is 1.29. The van der Waals surface area contributed by atoms with E-state index in [9.17, 15) is 4.79 Å². The highest BCUT2D eigenvalue weighted by molar-refractivity contribution is 5.87. The van der Waals surface area contributed by atoms with Gasteiger partial charge in [-0.25, -0.2) is 0 Å². The van der Waals surface area contributed by atoms with Crippen LogP contribution in [0.15, 0.2) is 0 Å². The number of nitrogens with zero attached hydrogens (tertiary/aromatic N) is 1. The maximum atomic E-state index is 10.9. The van der Waals surface area contributed by atoms with Crippen LogP contribution in [0.4, 0.5) is 0 Å². The molecule has 0 rings (SSSR count). The lowest BCUT2D eigenvalue weighted by Crippen LogP contribution is -2.42. The van der Waals surface area contributed by atoms with E-state index in [1.165, 1.54) is 25.9 Å². The van der Waals surface area contributed by atoms with Gasteiger partial charge in [0.05, 0.1) is 0 Å². The largest absolute Gasteiger partial charge is 0.370 e. The lowest BCUT2D eigenvalue weighted by molar-refractivity contribution is -0.141. The van der Waals surface area contributed by atoms with Crippen molar-refractivity contribution < 1.29 is 9.90 Å². The molecule has 10 heavy (non-hydrogen) atoms. The zero-order valence-corrected chi connectivity index (χ0v) is 6.38. The van der Waals surface area contributed by atoms with Crippen LogP contribution in [0, 0.1) is 12.3 Å². The Morgan fingerprint density at radius 2 is 2.10 bits per heavy atom. The van der Waals surface area contributed by atoms with Gasteiger partial charge in [-0.1, -0.05) is 5.92 Å². The van der Waals surface area contributed by atoms with E-state index in [0.29, 0.717) is 0 Å². The first-order valence-corrected chi connectivity index (χ1v) is 2.83. The van der Waals surface area contributed by atoms with Crippen LogP contribution in [0.1, 0.15) is 6.92 Å². The summed E-state index contributed by atoms with van der Waals surface area (Å²) in [4.78, 5) is 12.2. The summed E-state index contributed by atoms with van der Waals surface area (Å²) in [6, 6.07) is 0. The molecule has 1 atom stereocenters. The molecule has 3 heteroatoms. The van der Waals surface area contributed by atoms with Gasteiger partial charge in [-0.15, -0.1) is 6.42 Å². The number of carbonyl (C=O) groups excluding carboxylic acids is 1. The maximum Gasteiger partial charge on any atom is 0.266 e. The number of hydrogen-bond donors (Lipinski definition) is 1. The molecule has 3 nitrogen and oxygen atoms in total. The SMILES string of the molecule is C#C[C@@](C)(O)C(=O)N(C)C. The quantitative estimate of drug-likeness (QED) is 0.498. The molecule has 0 aromatic heterocycles. The summed E-state index contributed by atoms with van der Waals surface area (Å²) in [5.41, 5.74) is -1.66. The zero-order valence-electron chi connectivity index (χ0n) is 6.38. The molecular formula is C7H11NO2. The van der Waals surface area contributed by atoms with Crippen LogP contribution in [0.25, 0.3) is 0 Å². The molecule has 0 aliphatic rings. The van der Waals surface area contributed by atoms with Gasteiger partial charge in [0.2, 0.25) is 5.60 Å². The maximum absolute atomic E-state index is 10.9. The van der Waals surface area contributed by atoms with Gasteiger partial charge in [0.1, 0.15) is 0 Å². The van der Waals surface area contributed by atoms with Crippen molar-refractivity contribution in [3.05, 3.63) is 0 Å². The fraction of sp³-hybridized carbons (Fsp3) is 0.571. The first-order chi connectivity index (χ1) is 4.41. The second-order valence-corrected chi connectivity index (χ2v) is 2.42. The van der Waals surface area contributed by atoms with Gasteiger partial charge in [-0.2, -0.15) is 0 Å². The Hall–Kier alpha value is -1.01. The monoisotopic (exact) mass is 141 g/mol. The van der Waals surface area contributed by atoms with E-state index in [1.54, 1.807) is 0 Å². The molecule has 0 unspecified atom stereocenters. The molecule has 1 amide bonds. The normalized spacial score (nSPS) is 15.1. The third-order valence-electron chi connectivity index (χ3n) is 1.10. The lowest BCUT2D eigenvalue weighted by atomic mass is 10.1. The molecule has 0 spiro atoms. The number of carbonyl (C=O) groups is 1. The Morgan fingerprint density at radius 1 is 1.70 bits per heavy atom. The highest BCUT2D eigenvalue weighted by Crippen LogP contribution is 2.03. The van der Waals surface area contributed by atoms with Gasteiger partial charge in [-0.3, -0.25) is 4.79 Å². The van der Waals surface area contributed by atoms with E-state index in [-0.39, 0.29) is 0 Å². The predicted octanol–water partition coefficient (Wildman–Crippen LogP) is -0.541. The summed E-state index contributed by atoms with van der Waals surface area (Å²) in [7, 11) is 3.07.